The summed E-state index contributed by atoms with van der Waals surface area (Å²) in [7, 11) is 0. The van der Waals surface area contributed by atoms with Gasteiger partial charge in [-0.15, -0.1) is 10.2 Å². The number of rotatable bonds is 7. The first-order chi connectivity index (χ1) is 15.6. The molecule has 0 aliphatic heterocycles. The van der Waals surface area contributed by atoms with Gasteiger partial charge in [0.15, 0.2) is 0 Å². The topological polar surface area (TPSA) is 93.0 Å². The molecule has 0 spiro atoms. The fourth-order valence-corrected chi connectivity index (χ4v) is 3.36. The van der Waals surface area contributed by atoms with Gasteiger partial charge in [-0.05, 0) is 75.7 Å². The van der Waals surface area contributed by atoms with Crippen LogP contribution >= 0.6 is 0 Å². The van der Waals surface area contributed by atoms with E-state index < -0.39 is 11.6 Å². The van der Waals surface area contributed by atoms with Crippen LogP contribution in [0.5, 0.6) is 0 Å². The van der Waals surface area contributed by atoms with Gasteiger partial charge in [0.2, 0.25) is 11.7 Å². The predicted octanol–water partition coefficient (Wildman–Crippen LogP) is 3.51. The Morgan fingerprint density at radius 2 is 1.73 bits per heavy atom. The van der Waals surface area contributed by atoms with E-state index in [-0.39, 0.29) is 30.0 Å². The monoisotopic (exact) mass is 452 g/mol. The minimum atomic E-state index is -0.709. The van der Waals surface area contributed by atoms with Crippen LogP contribution in [-0.2, 0) is 16.1 Å². The molecule has 0 aliphatic carbocycles. The second-order valence-electron chi connectivity index (χ2n) is 8.91. The molecule has 1 atom stereocenters. The molecule has 33 heavy (non-hydrogen) atoms. The summed E-state index contributed by atoms with van der Waals surface area (Å²) in [5, 5.41) is 15.2. The Morgan fingerprint density at radius 3 is 2.30 bits per heavy atom. The second-order valence-corrected chi connectivity index (χ2v) is 8.91. The van der Waals surface area contributed by atoms with Crippen molar-refractivity contribution >= 4 is 17.5 Å². The number of tetrazole rings is 1. The van der Waals surface area contributed by atoms with Crippen LogP contribution in [0, 0.1) is 12.7 Å². The molecule has 8 nitrogen and oxygen atoms in total. The van der Waals surface area contributed by atoms with Gasteiger partial charge in [-0.25, -0.2) is 4.39 Å². The van der Waals surface area contributed by atoms with E-state index in [1.54, 1.807) is 12.1 Å². The number of nitrogens with one attached hydrogen (secondary N) is 1. The highest BCUT2D eigenvalue weighted by atomic mass is 19.1. The standard InChI is InChI=1S/C24H29FN6O2/c1-6-20(23(33)26-24(3,4)5)31(19-13-7-16(2)8-14-19)21(32)15-30-28-22(27-29-30)17-9-11-18(25)12-10-17/h7-14,20H,6,15H2,1-5H3,(H,26,33)/t20-/m1/s1. The fourth-order valence-electron chi connectivity index (χ4n) is 3.36. The summed E-state index contributed by atoms with van der Waals surface area (Å²) in [6.07, 6.45) is 0.424. The Hall–Kier alpha value is -3.62. The van der Waals surface area contributed by atoms with E-state index >= 15 is 0 Å². The molecule has 3 rings (SSSR count). The number of nitrogens with zero attached hydrogens (tertiary/aromatic N) is 5. The molecule has 3 aromatic rings. The Balaban J connectivity index is 1.88. The summed E-state index contributed by atoms with van der Waals surface area (Å²) in [4.78, 5) is 29.2. The van der Waals surface area contributed by atoms with E-state index in [9.17, 15) is 14.0 Å². The number of hydrogen-bond donors (Lipinski definition) is 1. The molecule has 174 valence electrons. The Kier molecular flexibility index (Phi) is 7.20. The summed E-state index contributed by atoms with van der Waals surface area (Å²) >= 11 is 0. The summed E-state index contributed by atoms with van der Waals surface area (Å²) in [5.74, 6) is -0.674. The first-order valence-electron chi connectivity index (χ1n) is 10.8. The van der Waals surface area contributed by atoms with Gasteiger partial charge < -0.3 is 5.32 Å². The first-order valence-corrected chi connectivity index (χ1v) is 10.8. The van der Waals surface area contributed by atoms with Gasteiger partial charge in [0, 0.05) is 16.8 Å². The molecule has 0 bridgehead atoms. The van der Waals surface area contributed by atoms with Crippen LogP contribution in [0.25, 0.3) is 11.4 Å². The molecule has 0 aliphatic rings. The lowest BCUT2D eigenvalue weighted by molar-refractivity contribution is -0.128. The number of carbonyl (C=O) groups is 2. The Bertz CT molecular complexity index is 1100. The molecule has 1 N–H and O–H groups in total. The van der Waals surface area contributed by atoms with Gasteiger partial charge in [0.1, 0.15) is 18.4 Å². The molecular weight excluding hydrogens is 423 g/mol. The molecule has 0 unspecified atom stereocenters. The molecule has 9 heteroatoms. The maximum absolute atomic E-state index is 13.4. The molecule has 0 radical (unpaired) electrons. The highest BCUT2D eigenvalue weighted by molar-refractivity contribution is 6.00. The number of halogens is 1. The minimum absolute atomic E-state index is 0.207. The lowest BCUT2D eigenvalue weighted by Gasteiger charge is -2.33. The number of anilines is 1. The lowest BCUT2D eigenvalue weighted by atomic mass is 10.1. The Morgan fingerprint density at radius 1 is 1.09 bits per heavy atom. The largest absolute Gasteiger partial charge is 0.350 e. The van der Waals surface area contributed by atoms with E-state index in [0.29, 0.717) is 17.7 Å². The smallest absolute Gasteiger partial charge is 0.251 e. The fraction of sp³-hybridized carbons (Fsp3) is 0.375. The minimum Gasteiger partial charge on any atom is -0.350 e. The number of aryl methyl sites for hydroxylation is 1. The molecule has 1 aromatic heterocycles. The third-order valence-electron chi connectivity index (χ3n) is 4.91. The van der Waals surface area contributed by atoms with Crippen molar-refractivity contribution in [3.05, 3.63) is 59.9 Å². The average molecular weight is 453 g/mol. The zero-order chi connectivity index (χ0) is 24.2. The van der Waals surface area contributed by atoms with E-state index in [2.05, 4.69) is 20.7 Å². The van der Waals surface area contributed by atoms with Crippen LogP contribution in [0.1, 0.15) is 39.7 Å². The number of hydrogen-bond acceptors (Lipinski definition) is 5. The van der Waals surface area contributed by atoms with Crippen LogP contribution in [0.15, 0.2) is 48.5 Å². The molecule has 2 amide bonds. The van der Waals surface area contributed by atoms with E-state index in [1.807, 2.05) is 58.9 Å². The van der Waals surface area contributed by atoms with Gasteiger partial charge >= 0.3 is 0 Å². The normalized spacial score (nSPS) is 12.3. The number of carbonyl (C=O) groups excluding carboxylic acids is 2. The Labute approximate surface area is 192 Å². The van der Waals surface area contributed by atoms with Crippen molar-refractivity contribution in [2.24, 2.45) is 0 Å². The number of amides is 2. The maximum Gasteiger partial charge on any atom is 0.251 e. The van der Waals surface area contributed by atoms with Crippen molar-refractivity contribution in [3.63, 3.8) is 0 Å². The summed E-state index contributed by atoms with van der Waals surface area (Å²) < 4.78 is 13.2. The second kappa shape index (κ2) is 9.89. The van der Waals surface area contributed by atoms with Crippen LogP contribution in [-0.4, -0.2) is 43.6 Å². The molecule has 0 saturated heterocycles. The maximum atomic E-state index is 13.4. The van der Waals surface area contributed by atoms with Gasteiger partial charge in [-0.3, -0.25) is 14.5 Å². The van der Waals surface area contributed by atoms with Gasteiger partial charge in [0.25, 0.3) is 5.91 Å². The van der Waals surface area contributed by atoms with Gasteiger partial charge in [-0.2, -0.15) is 4.80 Å². The van der Waals surface area contributed by atoms with Crippen molar-refractivity contribution in [1.29, 1.82) is 0 Å². The summed E-state index contributed by atoms with van der Waals surface area (Å²) in [6, 6.07) is 12.4. The van der Waals surface area contributed by atoms with Crippen LogP contribution < -0.4 is 10.2 Å². The molecule has 0 fully saturated rings. The van der Waals surface area contributed by atoms with Gasteiger partial charge in [-0.1, -0.05) is 24.6 Å². The van der Waals surface area contributed by atoms with E-state index in [4.69, 9.17) is 0 Å². The van der Waals surface area contributed by atoms with Crippen molar-refractivity contribution in [2.75, 3.05) is 4.90 Å². The van der Waals surface area contributed by atoms with E-state index in [0.717, 1.165) is 5.56 Å². The average Bonchev–Trinajstić information content (AvgIpc) is 3.20. The lowest BCUT2D eigenvalue weighted by Crippen LogP contribution is -2.54. The van der Waals surface area contributed by atoms with Crippen molar-refractivity contribution < 1.29 is 14.0 Å². The quantitative estimate of drug-likeness (QED) is 0.592. The van der Waals surface area contributed by atoms with Crippen LogP contribution in [0.2, 0.25) is 0 Å². The molecule has 0 saturated carbocycles. The zero-order valence-corrected chi connectivity index (χ0v) is 19.5. The van der Waals surface area contributed by atoms with Crippen LogP contribution in [0.4, 0.5) is 10.1 Å². The predicted molar refractivity (Wildman–Crippen MR) is 124 cm³/mol. The molecular formula is C24H29FN6O2. The summed E-state index contributed by atoms with van der Waals surface area (Å²) in [5.41, 5.74) is 1.80. The van der Waals surface area contributed by atoms with Gasteiger partial charge in [0.05, 0.1) is 0 Å². The van der Waals surface area contributed by atoms with Crippen molar-refractivity contribution in [1.82, 2.24) is 25.5 Å². The zero-order valence-electron chi connectivity index (χ0n) is 19.5. The van der Waals surface area contributed by atoms with E-state index in [1.165, 1.54) is 21.8 Å². The number of aromatic nitrogens is 4. The highest BCUT2D eigenvalue weighted by Gasteiger charge is 2.32. The van der Waals surface area contributed by atoms with Crippen LogP contribution in [0.3, 0.4) is 0 Å². The third-order valence-corrected chi connectivity index (χ3v) is 4.91. The highest BCUT2D eigenvalue weighted by Crippen LogP contribution is 2.22. The molecule has 1 heterocycles. The number of benzene rings is 2. The molecule has 2 aromatic carbocycles. The first kappa shape index (κ1) is 24.0. The third kappa shape index (κ3) is 6.21. The SMILES string of the molecule is CC[C@H](C(=O)NC(C)(C)C)N(C(=O)Cn1nnc(-c2ccc(F)cc2)n1)c1ccc(C)cc1. The summed E-state index contributed by atoms with van der Waals surface area (Å²) in [6.45, 7) is 9.29. The van der Waals surface area contributed by atoms with Crippen molar-refractivity contribution in [3.8, 4) is 11.4 Å². The van der Waals surface area contributed by atoms with Crippen molar-refractivity contribution in [2.45, 2.75) is 59.2 Å².